The van der Waals surface area contributed by atoms with Crippen molar-refractivity contribution in [2.24, 2.45) is 0 Å². The second kappa shape index (κ2) is 8.17. The molecule has 4 heteroatoms. The highest BCUT2D eigenvalue weighted by Crippen LogP contribution is 2.22. The molecule has 0 fully saturated rings. The van der Waals surface area contributed by atoms with E-state index in [-0.39, 0.29) is 18.5 Å². The van der Waals surface area contributed by atoms with Crippen LogP contribution in [0.5, 0.6) is 5.75 Å². The molecule has 2 N–H and O–H groups in total. The van der Waals surface area contributed by atoms with Crippen LogP contribution in [-0.2, 0) is 4.79 Å². The largest absolute Gasteiger partial charge is 0.495 e. The van der Waals surface area contributed by atoms with Gasteiger partial charge in [0.2, 0.25) is 5.91 Å². The number of terminal acetylenes is 1. The van der Waals surface area contributed by atoms with Crippen molar-refractivity contribution in [2.75, 3.05) is 19.0 Å². The summed E-state index contributed by atoms with van der Waals surface area (Å²) in [7, 11) is 1.57. The van der Waals surface area contributed by atoms with Crippen LogP contribution >= 0.6 is 0 Å². The number of ether oxygens (including phenoxy) is 1. The van der Waals surface area contributed by atoms with Crippen molar-refractivity contribution in [2.45, 2.75) is 25.8 Å². The summed E-state index contributed by atoms with van der Waals surface area (Å²) in [6, 6.07) is 7.48. The Kier molecular flexibility index (Phi) is 6.48. The Morgan fingerprint density at radius 1 is 1.47 bits per heavy atom. The van der Waals surface area contributed by atoms with Gasteiger partial charge in [0.05, 0.1) is 19.3 Å². The van der Waals surface area contributed by atoms with E-state index in [0.717, 1.165) is 6.42 Å². The van der Waals surface area contributed by atoms with Crippen molar-refractivity contribution in [1.82, 2.24) is 5.32 Å². The van der Waals surface area contributed by atoms with Crippen LogP contribution in [0.4, 0.5) is 5.69 Å². The third-order valence-corrected chi connectivity index (χ3v) is 2.79. The number of methoxy groups -OCH3 is 1. The number of para-hydroxylation sites is 2. The Morgan fingerprint density at radius 3 is 2.84 bits per heavy atom. The maximum atomic E-state index is 11.8. The predicted molar refractivity (Wildman–Crippen MR) is 77.2 cm³/mol. The zero-order valence-corrected chi connectivity index (χ0v) is 11.4. The smallest absolute Gasteiger partial charge is 0.238 e. The number of hydrogen-bond donors (Lipinski definition) is 2. The van der Waals surface area contributed by atoms with E-state index in [2.05, 4.69) is 16.6 Å². The molecule has 1 atom stereocenters. The lowest BCUT2D eigenvalue weighted by molar-refractivity contribution is -0.115. The number of carbonyl (C=O) groups is 1. The van der Waals surface area contributed by atoms with Crippen molar-refractivity contribution in [3.63, 3.8) is 0 Å². The van der Waals surface area contributed by atoms with E-state index in [1.165, 1.54) is 0 Å². The summed E-state index contributed by atoms with van der Waals surface area (Å²) >= 11 is 0. The zero-order valence-electron chi connectivity index (χ0n) is 11.4. The molecule has 0 aliphatic carbocycles. The molecular weight excluding hydrogens is 240 g/mol. The highest BCUT2D eigenvalue weighted by atomic mass is 16.5. The van der Waals surface area contributed by atoms with Gasteiger partial charge in [-0.1, -0.05) is 19.1 Å². The predicted octanol–water partition coefficient (Wildman–Crippen LogP) is 2.03. The first-order chi connectivity index (χ1) is 9.21. The third kappa shape index (κ3) is 5.02. The number of anilines is 1. The average molecular weight is 260 g/mol. The third-order valence-electron chi connectivity index (χ3n) is 2.79. The Bertz CT molecular complexity index is 452. The Labute approximate surface area is 114 Å². The lowest BCUT2D eigenvalue weighted by atomic mass is 10.1. The first-order valence-corrected chi connectivity index (χ1v) is 6.31. The van der Waals surface area contributed by atoms with Gasteiger partial charge < -0.3 is 15.4 Å². The second-order valence-corrected chi connectivity index (χ2v) is 4.14. The van der Waals surface area contributed by atoms with Gasteiger partial charge in [0.1, 0.15) is 5.75 Å². The van der Waals surface area contributed by atoms with Crippen molar-refractivity contribution in [3.8, 4) is 18.1 Å². The summed E-state index contributed by atoms with van der Waals surface area (Å²) in [6.07, 6.45) is 6.78. The number of nitrogens with one attached hydrogen (secondary N) is 2. The molecule has 4 nitrogen and oxygen atoms in total. The van der Waals surface area contributed by atoms with Crippen molar-refractivity contribution < 1.29 is 9.53 Å². The monoisotopic (exact) mass is 260 g/mol. The van der Waals surface area contributed by atoms with E-state index < -0.39 is 0 Å². The Hall–Kier alpha value is -1.99. The molecule has 0 heterocycles. The Morgan fingerprint density at radius 2 is 2.21 bits per heavy atom. The van der Waals surface area contributed by atoms with E-state index >= 15 is 0 Å². The van der Waals surface area contributed by atoms with Gasteiger partial charge in [-0.25, -0.2) is 0 Å². The number of carbonyl (C=O) groups excluding carboxylic acids is 1. The van der Waals surface area contributed by atoms with Gasteiger partial charge >= 0.3 is 0 Å². The molecule has 0 aliphatic rings. The van der Waals surface area contributed by atoms with E-state index in [4.69, 9.17) is 11.2 Å². The SMILES string of the molecule is C#CCC(CC)NCC(=O)Nc1ccccc1OC. The van der Waals surface area contributed by atoms with Crippen LogP contribution in [0, 0.1) is 12.3 Å². The fourth-order valence-corrected chi connectivity index (χ4v) is 1.68. The van der Waals surface area contributed by atoms with Crippen LogP contribution in [0.15, 0.2) is 24.3 Å². The zero-order chi connectivity index (χ0) is 14.1. The second-order valence-electron chi connectivity index (χ2n) is 4.14. The molecule has 1 amide bonds. The van der Waals surface area contributed by atoms with E-state index in [9.17, 15) is 4.79 Å². The molecule has 0 aromatic heterocycles. The van der Waals surface area contributed by atoms with Crippen LogP contribution in [0.1, 0.15) is 19.8 Å². The minimum Gasteiger partial charge on any atom is -0.495 e. The molecule has 0 spiro atoms. The van der Waals surface area contributed by atoms with E-state index in [1.807, 2.05) is 19.1 Å². The van der Waals surface area contributed by atoms with Crippen molar-refractivity contribution in [1.29, 1.82) is 0 Å². The molecule has 19 heavy (non-hydrogen) atoms. The van der Waals surface area contributed by atoms with Gasteiger partial charge in [-0.05, 0) is 18.6 Å². The number of hydrogen-bond acceptors (Lipinski definition) is 3. The number of benzene rings is 1. The average Bonchev–Trinajstić information content (AvgIpc) is 2.44. The summed E-state index contributed by atoms with van der Waals surface area (Å²) in [4.78, 5) is 11.8. The first kappa shape index (κ1) is 15.1. The van der Waals surface area contributed by atoms with Crippen LogP contribution in [0.25, 0.3) is 0 Å². The minimum absolute atomic E-state index is 0.111. The molecule has 0 aliphatic heterocycles. The lowest BCUT2D eigenvalue weighted by Gasteiger charge is -2.14. The fraction of sp³-hybridized carbons (Fsp3) is 0.400. The van der Waals surface area contributed by atoms with E-state index in [0.29, 0.717) is 17.9 Å². The molecule has 0 bridgehead atoms. The summed E-state index contributed by atoms with van der Waals surface area (Å²) in [6.45, 7) is 2.27. The van der Waals surface area contributed by atoms with Crippen LogP contribution < -0.4 is 15.4 Å². The van der Waals surface area contributed by atoms with Crippen LogP contribution in [0.3, 0.4) is 0 Å². The van der Waals surface area contributed by atoms with Gasteiger partial charge in [0.15, 0.2) is 0 Å². The topological polar surface area (TPSA) is 50.4 Å². The fourth-order valence-electron chi connectivity index (χ4n) is 1.68. The lowest BCUT2D eigenvalue weighted by Crippen LogP contribution is -2.35. The maximum absolute atomic E-state index is 11.8. The van der Waals surface area contributed by atoms with Gasteiger partial charge in [0, 0.05) is 12.5 Å². The summed E-state index contributed by atoms with van der Waals surface area (Å²) in [5.74, 6) is 3.13. The first-order valence-electron chi connectivity index (χ1n) is 6.31. The molecule has 1 aromatic rings. The maximum Gasteiger partial charge on any atom is 0.238 e. The van der Waals surface area contributed by atoms with Crippen LogP contribution in [0.2, 0.25) is 0 Å². The summed E-state index contributed by atoms with van der Waals surface area (Å²) in [5.41, 5.74) is 0.668. The number of amides is 1. The summed E-state index contributed by atoms with van der Waals surface area (Å²) < 4.78 is 5.17. The molecular formula is C15H20N2O2. The minimum atomic E-state index is -0.111. The van der Waals surface area contributed by atoms with Gasteiger partial charge in [-0.2, -0.15) is 0 Å². The summed E-state index contributed by atoms with van der Waals surface area (Å²) in [5, 5.41) is 5.94. The molecule has 1 unspecified atom stereocenters. The molecule has 1 rings (SSSR count). The molecule has 102 valence electrons. The van der Waals surface area contributed by atoms with Crippen LogP contribution in [-0.4, -0.2) is 25.6 Å². The standard InChI is InChI=1S/C15H20N2O2/c1-4-8-12(5-2)16-11-15(18)17-13-9-6-7-10-14(13)19-3/h1,6-7,9-10,12,16H,5,8,11H2,2-3H3,(H,17,18). The number of rotatable bonds is 7. The molecule has 0 radical (unpaired) electrons. The van der Waals surface area contributed by atoms with Gasteiger partial charge in [0.25, 0.3) is 0 Å². The van der Waals surface area contributed by atoms with Gasteiger partial charge in [-0.3, -0.25) is 4.79 Å². The highest BCUT2D eigenvalue weighted by Gasteiger charge is 2.09. The molecule has 0 saturated carbocycles. The van der Waals surface area contributed by atoms with E-state index in [1.54, 1.807) is 19.2 Å². The van der Waals surface area contributed by atoms with Crippen molar-refractivity contribution >= 4 is 11.6 Å². The quantitative estimate of drug-likeness (QED) is 0.737. The highest BCUT2D eigenvalue weighted by molar-refractivity contribution is 5.93. The normalized spacial score (nSPS) is 11.4. The Balaban J connectivity index is 2.49. The van der Waals surface area contributed by atoms with Gasteiger partial charge in [-0.15, -0.1) is 12.3 Å². The molecule has 1 aromatic carbocycles. The molecule has 0 saturated heterocycles. The van der Waals surface area contributed by atoms with Crippen molar-refractivity contribution in [3.05, 3.63) is 24.3 Å².